The molecule has 3 heteroatoms. The molecule has 2 rings (SSSR count). The number of hydrogen-bond donors (Lipinski definition) is 1. The van der Waals surface area contributed by atoms with E-state index in [9.17, 15) is 0 Å². The minimum Gasteiger partial charge on any atom is -0.313 e. The van der Waals surface area contributed by atoms with Crippen LogP contribution in [0.15, 0.2) is 28.7 Å². The summed E-state index contributed by atoms with van der Waals surface area (Å²) in [6, 6.07) is 9.96. The van der Waals surface area contributed by atoms with Crippen molar-refractivity contribution in [1.29, 1.82) is 0 Å². The minimum absolute atomic E-state index is 0.588. The Morgan fingerprint density at radius 1 is 1.32 bits per heavy atom. The van der Waals surface area contributed by atoms with Gasteiger partial charge in [0.25, 0.3) is 0 Å². The van der Waals surface area contributed by atoms with E-state index in [0.29, 0.717) is 12.1 Å². The van der Waals surface area contributed by atoms with Crippen LogP contribution in [0.4, 0.5) is 0 Å². The molecule has 0 aliphatic carbocycles. The minimum atomic E-state index is 0.588. The molecule has 2 atom stereocenters. The van der Waals surface area contributed by atoms with Gasteiger partial charge in [0.15, 0.2) is 0 Å². The van der Waals surface area contributed by atoms with Gasteiger partial charge in [-0.1, -0.05) is 34.5 Å². The molecule has 1 fully saturated rings. The zero-order valence-corrected chi connectivity index (χ0v) is 13.6. The first-order valence-electron chi connectivity index (χ1n) is 7.33. The Hall–Kier alpha value is -0.380. The van der Waals surface area contributed by atoms with Crippen molar-refractivity contribution in [2.45, 2.75) is 44.7 Å². The van der Waals surface area contributed by atoms with Crippen LogP contribution in [0, 0.1) is 0 Å². The quantitative estimate of drug-likeness (QED) is 0.892. The average Bonchev–Trinajstić information content (AvgIpc) is 2.42. The largest absolute Gasteiger partial charge is 0.313 e. The van der Waals surface area contributed by atoms with Crippen LogP contribution in [-0.2, 0) is 6.42 Å². The summed E-state index contributed by atoms with van der Waals surface area (Å²) in [6.07, 6.45) is 5.17. The number of benzene rings is 1. The number of halogens is 1. The SMILES string of the molecule is CC(Cc1ccc(Br)cc1)N(C)CC1CCCCN1. The van der Waals surface area contributed by atoms with Crippen molar-refractivity contribution < 1.29 is 0 Å². The van der Waals surface area contributed by atoms with Crippen LogP contribution >= 0.6 is 15.9 Å². The molecule has 0 radical (unpaired) electrons. The van der Waals surface area contributed by atoms with E-state index in [1.165, 1.54) is 31.4 Å². The standard InChI is InChI=1S/C16H25BrN2/c1-13(11-14-6-8-15(17)9-7-14)19(2)12-16-5-3-4-10-18-16/h6-9,13,16,18H,3-5,10-12H2,1-2H3. The molecule has 2 nitrogen and oxygen atoms in total. The third kappa shape index (κ3) is 4.90. The van der Waals surface area contributed by atoms with Gasteiger partial charge in [-0.15, -0.1) is 0 Å². The average molecular weight is 325 g/mol. The van der Waals surface area contributed by atoms with E-state index in [2.05, 4.69) is 64.4 Å². The second kappa shape index (κ2) is 7.41. The van der Waals surface area contributed by atoms with E-state index in [1.54, 1.807) is 0 Å². The molecule has 1 aromatic carbocycles. The Morgan fingerprint density at radius 2 is 2.05 bits per heavy atom. The van der Waals surface area contributed by atoms with Crippen molar-refractivity contribution >= 4 is 15.9 Å². The Balaban J connectivity index is 1.81. The fraction of sp³-hybridized carbons (Fsp3) is 0.625. The fourth-order valence-corrected chi connectivity index (χ4v) is 2.99. The van der Waals surface area contributed by atoms with Crippen LogP contribution < -0.4 is 5.32 Å². The zero-order chi connectivity index (χ0) is 13.7. The summed E-state index contributed by atoms with van der Waals surface area (Å²) < 4.78 is 1.16. The highest BCUT2D eigenvalue weighted by Gasteiger charge is 2.17. The molecular formula is C16H25BrN2. The Labute approximate surface area is 125 Å². The molecule has 0 aromatic heterocycles. The number of hydrogen-bond acceptors (Lipinski definition) is 2. The lowest BCUT2D eigenvalue weighted by atomic mass is 10.0. The Morgan fingerprint density at radius 3 is 2.68 bits per heavy atom. The van der Waals surface area contributed by atoms with Gasteiger partial charge < -0.3 is 10.2 Å². The number of piperidine rings is 1. The van der Waals surface area contributed by atoms with Gasteiger partial charge in [-0.05, 0) is 57.5 Å². The highest BCUT2D eigenvalue weighted by atomic mass is 79.9. The Kier molecular flexibility index (Phi) is 5.86. The molecule has 1 N–H and O–H groups in total. The van der Waals surface area contributed by atoms with Crippen LogP contribution in [-0.4, -0.2) is 37.1 Å². The smallest absolute Gasteiger partial charge is 0.0195 e. The summed E-state index contributed by atoms with van der Waals surface area (Å²) in [5.74, 6) is 0. The number of nitrogens with zero attached hydrogens (tertiary/aromatic N) is 1. The number of nitrogens with one attached hydrogen (secondary N) is 1. The molecule has 1 aromatic rings. The van der Waals surface area contributed by atoms with Gasteiger partial charge in [0.1, 0.15) is 0 Å². The molecule has 0 saturated carbocycles. The maximum Gasteiger partial charge on any atom is 0.0195 e. The molecule has 0 spiro atoms. The molecule has 2 unspecified atom stereocenters. The van der Waals surface area contributed by atoms with E-state index in [-0.39, 0.29) is 0 Å². The molecule has 1 saturated heterocycles. The summed E-state index contributed by atoms with van der Waals surface area (Å²) in [7, 11) is 2.25. The first-order valence-corrected chi connectivity index (χ1v) is 8.12. The zero-order valence-electron chi connectivity index (χ0n) is 12.0. The van der Waals surface area contributed by atoms with Crippen LogP contribution in [0.1, 0.15) is 31.7 Å². The van der Waals surface area contributed by atoms with Crippen LogP contribution in [0.3, 0.4) is 0 Å². The van der Waals surface area contributed by atoms with Gasteiger partial charge in [0, 0.05) is 23.1 Å². The second-order valence-electron chi connectivity index (χ2n) is 5.77. The van der Waals surface area contributed by atoms with Gasteiger partial charge in [-0.2, -0.15) is 0 Å². The van der Waals surface area contributed by atoms with Gasteiger partial charge in [0.05, 0.1) is 0 Å². The Bertz CT molecular complexity index is 371. The third-order valence-corrected chi connectivity index (χ3v) is 4.65. The van der Waals surface area contributed by atoms with Crippen LogP contribution in [0.2, 0.25) is 0 Å². The van der Waals surface area contributed by atoms with E-state index >= 15 is 0 Å². The van der Waals surface area contributed by atoms with Crippen molar-refractivity contribution in [3.8, 4) is 0 Å². The van der Waals surface area contributed by atoms with Crippen molar-refractivity contribution in [1.82, 2.24) is 10.2 Å². The summed E-state index contributed by atoms with van der Waals surface area (Å²) in [5, 5.41) is 3.63. The molecular weight excluding hydrogens is 300 g/mol. The van der Waals surface area contributed by atoms with E-state index in [1.807, 2.05) is 0 Å². The van der Waals surface area contributed by atoms with Crippen molar-refractivity contribution in [3.05, 3.63) is 34.3 Å². The predicted octanol–water partition coefficient (Wildman–Crippen LogP) is 3.45. The molecule has 1 heterocycles. The predicted molar refractivity (Wildman–Crippen MR) is 85.6 cm³/mol. The first-order chi connectivity index (χ1) is 9.15. The molecule has 0 bridgehead atoms. The fourth-order valence-electron chi connectivity index (χ4n) is 2.72. The monoisotopic (exact) mass is 324 g/mol. The summed E-state index contributed by atoms with van der Waals surface area (Å²) in [4.78, 5) is 2.49. The number of rotatable bonds is 5. The van der Waals surface area contributed by atoms with Gasteiger partial charge in [-0.3, -0.25) is 0 Å². The maximum atomic E-state index is 3.63. The molecule has 0 amide bonds. The van der Waals surface area contributed by atoms with E-state index in [0.717, 1.165) is 17.4 Å². The maximum absolute atomic E-state index is 3.63. The van der Waals surface area contributed by atoms with Gasteiger partial charge >= 0.3 is 0 Å². The molecule has 1 aliphatic rings. The lowest BCUT2D eigenvalue weighted by molar-refractivity contribution is 0.212. The molecule has 1 aliphatic heterocycles. The van der Waals surface area contributed by atoms with Crippen molar-refractivity contribution in [2.24, 2.45) is 0 Å². The highest BCUT2D eigenvalue weighted by molar-refractivity contribution is 9.10. The molecule has 106 valence electrons. The van der Waals surface area contributed by atoms with Crippen LogP contribution in [0.25, 0.3) is 0 Å². The highest BCUT2D eigenvalue weighted by Crippen LogP contribution is 2.14. The van der Waals surface area contributed by atoms with E-state index in [4.69, 9.17) is 0 Å². The van der Waals surface area contributed by atoms with E-state index < -0.39 is 0 Å². The van der Waals surface area contributed by atoms with Gasteiger partial charge in [-0.25, -0.2) is 0 Å². The lowest BCUT2D eigenvalue weighted by Crippen LogP contribution is -2.45. The summed E-state index contributed by atoms with van der Waals surface area (Å²) in [5.41, 5.74) is 1.42. The normalized spacial score (nSPS) is 21.6. The van der Waals surface area contributed by atoms with Crippen molar-refractivity contribution in [2.75, 3.05) is 20.1 Å². The van der Waals surface area contributed by atoms with Gasteiger partial charge in [0.2, 0.25) is 0 Å². The van der Waals surface area contributed by atoms with Crippen molar-refractivity contribution in [3.63, 3.8) is 0 Å². The number of likely N-dealkylation sites (N-methyl/N-ethyl adjacent to an activating group) is 1. The second-order valence-corrected chi connectivity index (χ2v) is 6.68. The summed E-state index contributed by atoms with van der Waals surface area (Å²) >= 11 is 3.49. The van der Waals surface area contributed by atoms with Crippen LogP contribution in [0.5, 0.6) is 0 Å². The third-order valence-electron chi connectivity index (χ3n) is 4.12. The topological polar surface area (TPSA) is 15.3 Å². The first kappa shape index (κ1) is 15.0. The summed E-state index contributed by atoms with van der Waals surface area (Å²) in [6.45, 7) is 4.68. The molecule has 19 heavy (non-hydrogen) atoms. The lowest BCUT2D eigenvalue weighted by Gasteiger charge is -2.31.